The molecule has 0 fully saturated rings. The molecule has 0 aliphatic heterocycles. The first-order valence-corrected chi connectivity index (χ1v) is 12.5. The van der Waals surface area contributed by atoms with Gasteiger partial charge >= 0.3 is 0 Å². The Kier molecular flexibility index (Phi) is 9.46. The zero-order valence-electron chi connectivity index (χ0n) is 20.1. The van der Waals surface area contributed by atoms with Gasteiger partial charge in [-0.3, -0.25) is 9.59 Å². The molecular formula is C29H33BrN2O2. The summed E-state index contributed by atoms with van der Waals surface area (Å²) in [5.74, 6) is 0.148. The molecule has 1 N–H and O–H groups in total. The molecule has 0 aliphatic rings. The molecule has 178 valence electrons. The molecule has 0 aliphatic carbocycles. The molecule has 5 heteroatoms. The second kappa shape index (κ2) is 12.5. The maximum atomic E-state index is 13.7. The van der Waals surface area contributed by atoms with Crippen molar-refractivity contribution in [2.24, 2.45) is 5.92 Å². The number of benzene rings is 3. The summed E-state index contributed by atoms with van der Waals surface area (Å²) in [6, 6.07) is 25.1. The first-order chi connectivity index (χ1) is 16.3. The highest BCUT2D eigenvalue weighted by Gasteiger charge is 2.30. The third kappa shape index (κ3) is 7.56. The molecule has 0 unspecified atom stereocenters. The van der Waals surface area contributed by atoms with E-state index in [4.69, 9.17) is 0 Å². The Labute approximate surface area is 211 Å². The minimum absolute atomic E-state index is 0.0575. The van der Waals surface area contributed by atoms with E-state index in [0.717, 1.165) is 26.7 Å². The highest BCUT2D eigenvalue weighted by molar-refractivity contribution is 9.10. The number of aryl methyl sites for hydroxylation is 1. The van der Waals surface area contributed by atoms with Gasteiger partial charge in [-0.2, -0.15) is 0 Å². The summed E-state index contributed by atoms with van der Waals surface area (Å²) in [6.07, 6.45) is 0.715. The third-order valence-corrected chi connectivity index (χ3v) is 6.35. The van der Waals surface area contributed by atoms with Crippen molar-refractivity contribution in [1.29, 1.82) is 0 Å². The van der Waals surface area contributed by atoms with Crippen LogP contribution in [0.5, 0.6) is 0 Å². The fourth-order valence-corrected chi connectivity index (χ4v) is 4.10. The van der Waals surface area contributed by atoms with Gasteiger partial charge < -0.3 is 10.2 Å². The summed E-state index contributed by atoms with van der Waals surface area (Å²) in [4.78, 5) is 28.9. The molecule has 1 atom stereocenters. The first kappa shape index (κ1) is 25.7. The number of carbonyl (C=O) groups is 2. The predicted molar refractivity (Wildman–Crippen MR) is 141 cm³/mol. The van der Waals surface area contributed by atoms with Crippen LogP contribution in [-0.2, 0) is 29.0 Å². The number of nitrogens with one attached hydrogen (secondary N) is 1. The maximum Gasteiger partial charge on any atom is 0.243 e. The molecule has 0 spiro atoms. The fourth-order valence-electron chi connectivity index (χ4n) is 3.84. The van der Waals surface area contributed by atoms with Crippen LogP contribution in [0, 0.1) is 12.8 Å². The summed E-state index contributed by atoms with van der Waals surface area (Å²) in [5, 5.41) is 3.07. The number of hydrogen-bond acceptors (Lipinski definition) is 2. The lowest BCUT2D eigenvalue weighted by Crippen LogP contribution is -2.51. The van der Waals surface area contributed by atoms with Gasteiger partial charge in [0.05, 0.1) is 6.42 Å². The first-order valence-electron chi connectivity index (χ1n) is 11.7. The smallest absolute Gasteiger partial charge is 0.243 e. The van der Waals surface area contributed by atoms with Crippen molar-refractivity contribution in [2.45, 2.75) is 46.2 Å². The summed E-state index contributed by atoms with van der Waals surface area (Å²) < 4.78 is 0.976. The van der Waals surface area contributed by atoms with Crippen LogP contribution in [0.25, 0.3) is 0 Å². The molecule has 0 saturated heterocycles. The lowest BCUT2D eigenvalue weighted by molar-refractivity contribution is -0.140. The Morgan fingerprint density at radius 1 is 0.882 bits per heavy atom. The van der Waals surface area contributed by atoms with E-state index in [9.17, 15) is 9.59 Å². The van der Waals surface area contributed by atoms with Crippen LogP contribution < -0.4 is 5.32 Å². The minimum atomic E-state index is -0.610. The Balaban J connectivity index is 1.96. The van der Waals surface area contributed by atoms with Crippen LogP contribution in [0.1, 0.15) is 36.1 Å². The monoisotopic (exact) mass is 520 g/mol. The van der Waals surface area contributed by atoms with E-state index in [1.165, 1.54) is 0 Å². The minimum Gasteiger partial charge on any atom is -0.354 e. The van der Waals surface area contributed by atoms with E-state index in [2.05, 4.69) is 35.1 Å². The number of nitrogens with zero attached hydrogens (tertiary/aromatic N) is 1. The van der Waals surface area contributed by atoms with E-state index < -0.39 is 6.04 Å². The van der Waals surface area contributed by atoms with Crippen molar-refractivity contribution < 1.29 is 9.59 Å². The lowest BCUT2D eigenvalue weighted by Gasteiger charge is -2.32. The molecular weight excluding hydrogens is 488 g/mol. The standard InChI is InChI=1S/C29H33BrN2O2/c1-21(2)19-31-29(34)27(17-23-10-5-4-6-11-23)32(20-24-13-15-26(30)16-14-24)28(33)18-25-12-8-7-9-22(25)3/h4-16,21,27H,17-20H2,1-3H3,(H,31,34)/t27-/m0/s1. The van der Waals surface area contributed by atoms with Gasteiger partial charge in [0.2, 0.25) is 11.8 Å². The highest BCUT2D eigenvalue weighted by atomic mass is 79.9. The Morgan fingerprint density at radius 3 is 2.18 bits per heavy atom. The largest absolute Gasteiger partial charge is 0.354 e. The zero-order valence-corrected chi connectivity index (χ0v) is 21.7. The SMILES string of the molecule is Cc1ccccc1CC(=O)N(Cc1ccc(Br)cc1)[C@@H](Cc1ccccc1)C(=O)NCC(C)C. The average molecular weight is 521 g/mol. The van der Waals surface area contributed by atoms with Crippen molar-refractivity contribution in [1.82, 2.24) is 10.2 Å². The Hall–Kier alpha value is -2.92. The zero-order chi connectivity index (χ0) is 24.5. The van der Waals surface area contributed by atoms with E-state index in [-0.39, 0.29) is 18.2 Å². The highest BCUT2D eigenvalue weighted by Crippen LogP contribution is 2.19. The normalized spacial score (nSPS) is 11.8. The van der Waals surface area contributed by atoms with Crippen LogP contribution in [0.2, 0.25) is 0 Å². The Morgan fingerprint density at radius 2 is 1.53 bits per heavy atom. The summed E-state index contributed by atoms with van der Waals surface area (Å²) in [6.45, 7) is 7.08. The van der Waals surface area contributed by atoms with Crippen LogP contribution in [-0.4, -0.2) is 29.3 Å². The molecule has 0 bridgehead atoms. The molecule has 0 saturated carbocycles. The van der Waals surface area contributed by atoms with Crippen molar-refractivity contribution in [3.63, 3.8) is 0 Å². The third-order valence-electron chi connectivity index (χ3n) is 5.82. The van der Waals surface area contributed by atoms with E-state index in [0.29, 0.717) is 25.4 Å². The van der Waals surface area contributed by atoms with Gasteiger partial charge in [0.15, 0.2) is 0 Å². The predicted octanol–water partition coefficient (Wildman–Crippen LogP) is 5.71. The topological polar surface area (TPSA) is 49.4 Å². The molecule has 0 heterocycles. The number of amides is 2. The van der Waals surface area contributed by atoms with Gasteiger partial charge in [0, 0.05) is 24.0 Å². The van der Waals surface area contributed by atoms with E-state index >= 15 is 0 Å². The molecule has 2 amide bonds. The molecule has 3 aromatic rings. The maximum absolute atomic E-state index is 13.7. The molecule has 3 aromatic carbocycles. The number of rotatable bonds is 10. The van der Waals surface area contributed by atoms with Crippen LogP contribution in [0.4, 0.5) is 0 Å². The fraction of sp³-hybridized carbons (Fsp3) is 0.310. The Bertz CT molecular complexity index is 1080. The van der Waals surface area contributed by atoms with Crippen molar-refractivity contribution in [2.75, 3.05) is 6.54 Å². The lowest BCUT2D eigenvalue weighted by atomic mass is 10.00. The second-order valence-corrected chi connectivity index (χ2v) is 10.0. The van der Waals surface area contributed by atoms with Gasteiger partial charge in [-0.05, 0) is 47.2 Å². The van der Waals surface area contributed by atoms with Crippen LogP contribution in [0.3, 0.4) is 0 Å². The van der Waals surface area contributed by atoms with Gasteiger partial charge in [0.1, 0.15) is 6.04 Å². The van der Waals surface area contributed by atoms with Crippen molar-refractivity contribution in [3.8, 4) is 0 Å². The number of carbonyl (C=O) groups excluding carboxylic acids is 2. The van der Waals surface area contributed by atoms with Crippen LogP contribution in [0.15, 0.2) is 83.3 Å². The quantitative estimate of drug-likeness (QED) is 0.372. The van der Waals surface area contributed by atoms with Crippen molar-refractivity contribution in [3.05, 3.63) is 106 Å². The van der Waals surface area contributed by atoms with E-state index in [1.54, 1.807) is 4.90 Å². The molecule has 0 radical (unpaired) electrons. The summed E-state index contributed by atoms with van der Waals surface area (Å²) >= 11 is 3.48. The molecule has 34 heavy (non-hydrogen) atoms. The molecule has 4 nitrogen and oxygen atoms in total. The average Bonchev–Trinajstić information content (AvgIpc) is 2.83. The second-order valence-electron chi connectivity index (χ2n) is 9.10. The summed E-state index contributed by atoms with van der Waals surface area (Å²) in [5.41, 5.74) is 4.06. The molecule has 0 aromatic heterocycles. The number of hydrogen-bond donors (Lipinski definition) is 1. The van der Waals surface area contributed by atoms with Crippen LogP contribution >= 0.6 is 15.9 Å². The molecule has 3 rings (SSSR count). The van der Waals surface area contributed by atoms with Crippen molar-refractivity contribution >= 4 is 27.7 Å². The van der Waals surface area contributed by atoms with E-state index in [1.807, 2.05) is 85.8 Å². The van der Waals surface area contributed by atoms with Gasteiger partial charge in [0.25, 0.3) is 0 Å². The van der Waals surface area contributed by atoms with Gasteiger partial charge in [-0.25, -0.2) is 0 Å². The summed E-state index contributed by atoms with van der Waals surface area (Å²) in [7, 11) is 0. The van der Waals surface area contributed by atoms with Gasteiger partial charge in [-0.15, -0.1) is 0 Å². The number of halogens is 1. The van der Waals surface area contributed by atoms with Gasteiger partial charge in [-0.1, -0.05) is 96.5 Å².